The lowest BCUT2D eigenvalue weighted by Gasteiger charge is -2.06. The van der Waals surface area contributed by atoms with Gasteiger partial charge in [-0.05, 0) is 30.2 Å². The highest BCUT2D eigenvalue weighted by atomic mass is 16.3. The van der Waals surface area contributed by atoms with Crippen LogP contribution >= 0.6 is 0 Å². The number of benzene rings is 1. The van der Waals surface area contributed by atoms with Gasteiger partial charge in [0.2, 0.25) is 5.95 Å². The molecule has 2 atom stereocenters. The third-order valence-electron chi connectivity index (χ3n) is 4.44. The molecule has 1 aliphatic carbocycles. The number of nitrogen functional groups attached to an aromatic ring is 1. The van der Waals surface area contributed by atoms with Gasteiger partial charge in [-0.15, -0.1) is 0 Å². The van der Waals surface area contributed by atoms with Gasteiger partial charge in [0, 0.05) is 48.2 Å². The minimum atomic E-state index is 0.251. The molecule has 4 N–H and O–H groups in total. The van der Waals surface area contributed by atoms with Crippen molar-refractivity contribution in [2.75, 3.05) is 5.73 Å². The van der Waals surface area contributed by atoms with Gasteiger partial charge in [-0.2, -0.15) is 0 Å². The van der Waals surface area contributed by atoms with Crippen LogP contribution in [0.15, 0.2) is 55.0 Å². The quantitative estimate of drug-likeness (QED) is 0.664. The highest BCUT2D eigenvalue weighted by Gasteiger charge is 2.38. The number of anilines is 1. The second-order valence-corrected chi connectivity index (χ2v) is 6.31. The fourth-order valence-corrected chi connectivity index (χ4v) is 2.95. The van der Waals surface area contributed by atoms with Crippen LogP contribution in [0.1, 0.15) is 23.5 Å². The molecule has 25 heavy (non-hydrogen) atoms. The number of hydrogen-bond acceptors (Lipinski definition) is 6. The molecule has 0 spiro atoms. The SMILES string of the molecule is Nc1ncc(CN[C@@H]2C[C@H]2c2ccc(-c3cccc(O)c3)nc2)cn1. The number of aromatic nitrogens is 3. The van der Waals surface area contributed by atoms with Crippen molar-refractivity contribution in [2.45, 2.75) is 24.9 Å². The normalized spacial score (nSPS) is 18.9. The van der Waals surface area contributed by atoms with Crippen LogP contribution in [0, 0.1) is 0 Å². The van der Waals surface area contributed by atoms with E-state index >= 15 is 0 Å². The minimum Gasteiger partial charge on any atom is -0.508 e. The molecular formula is C19H19N5O. The first-order chi connectivity index (χ1) is 12.2. The van der Waals surface area contributed by atoms with Crippen molar-refractivity contribution < 1.29 is 5.11 Å². The van der Waals surface area contributed by atoms with E-state index in [1.165, 1.54) is 5.56 Å². The standard InChI is InChI=1S/C19H19N5O/c20-19-23-9-12(10-24-19)8-21-18-7-16(18)14-4-5-17(22-11-14)13-2-1-3-15(25)6-13/h1-6,9-11,16,18,21,25H,7-8H2,(H2,20,23,24)/t16-,18+/m0/s1. The number of hydrogen-bond donors (Lipinski definition) is 3. The van der Waals surface area contributed by atoms with Crippen LogP contribution in [0.25, 0.3) is 11.3 Å². The molecule has 3 aromatic rings. The average Bonchev–Trinajstić information content (AvgIpc) is 3.41. The lowest BCUT2D eigenvalue weighted by Crippen LogP contribution is -2.17. The van der Waals surface area contributed by atoms with Crippen LogP contribution in [-0.2, 0) is 6.54 Å². The van der Waals surface area contributed by atoms with Crippen molar-refractivity contribution in [1.82, 2.24) is 20.3 Å². The van der Waals surface area contributed by atoms with E-state index < -0.39 is 0 Å². The Morgan fingerprint density at radius 3 is 2.64 bits per heavy atom. The molecule has 0 unspecified atom stereocenters. The van der Waals surface area contributed by atoms with Gasteiger partial charge in [-0.25, -0.2) is 9.97 Å². The van der Waals surface area contributed by atoms with Crippen LogP contribution in [-0.4, -0.2) is 26.1 Å². The summed E-state index contributed by atoms with van der Waals surface area (Å²) in [5.74, 6) is 1.04. The van der Waals surface area contributed by atoms with Gasteiger partial charge in [-0.3, -0.25) is 4.98 Å². The molecule has 6 heteroatoms. The third kappa shape index (κ3) is 3.59. The Bertz CT molecular complexity index is 864. The van der Waals surface area contributed by atoms with Crippen LogP contribution in [0.4, 0.5) is 5.95 Å². The first-order valence-electron chi connectivity index (χ1n) is 8.24. The highest BCUT2D eigenvalue weighted by Crippen LogP contribution is 2.41. The van der Waals surface area contributed by atoms with Crippen LogP contribution in [0.2, 0.25) is 0 Å². The number of phenolic OH excluding ortho intramolecular Hbond substituents is 1. The van der Waals surface area contributed by atoms with Crippen LogP contribution in [0.3, 0.4) is 0 Å². The molecule has 0 amide bonds. The van der Waals surface area contributed by atoms with Gasteiger partial charge >= 0.3 is 0 Å². The summed E-state index contributed by atoms with van der Waals surface area (Å²) >= 11 is 0. The average molecular weight is 333 g/mol. The molecule has 1 saturated carbocycles. The predicted octanol–water partition coefficient (Wildman–Crippen LogP) is 2.47. The molecule has 0 aliphatic heterocycles. The first-order valence-corrected chi connectivity index (χ1v) is 8.24. The topological polar surface area (TPSA) is 97.0 Å². The lowest BCUT2D eigenvalue weighted by molar-refractivity contribution is 0.475. The van der Waals surface area contributed by atoms with Gasteiger partial charge < -0.3 is 16.2 Å². The number of nitrogens with zero attached hydrogens (tertiary/aromatic N) is 3. The molecule has 1 aromatic carbocycles. The van der Waals surface area contributed by atoms with E-state index in [0.717, 1.165) is 29.8 Å². The fourth-order valence-electron chi connectivity index (χ4n) is 2.95. The summed E-state index contributed by atoms with van der Waals surface area (Å²) in [7, 11) is 0. The van der Waals surface area contributed by atoms with Crippen LogP contribution in [0.5, 0.6) is 5.75 Å². The first kappa shape index (κ1) is 15.5. The van der Waals surface area contributed by atoms with E-state index in [0.29, 0.717) is 17.9 Å². The summed E-state index contributed by atoms with van der Waals surface area (Å²) in [6.45, 7) is 0.732. The molecule has 4 rings (SSSR count). The molecule has 126 valence electrons. The molecule has 0 bridgehead atoms. The van der Waals surface area contributed by atoms with Crippen molar-refractivity contribution >= 4 is 5.95 Å². The maximum atomic E-state index is 9.58. The number of rotatable bonds is 5. The number of phenols is 1. The minimum absolute atomic E-state index is 0.251. The molecule has 6 nitrogen and oxygen atoms in total. The second-order valence-electron chi connectivity index (χ2n) is 6.31. The predicted molar refractivity (Wildman–Crippen MR) is 95.8 cm³/mol. The summed E-state index contributed by atoms with van der Waals surface area (Å²) in [6.07, 6.45) is 6.53. The summed E-state index contributed by atoms with van der Waals surface area (Å²) in [5.41, 5.74) is 9.53. The van der Waals surface area contributed by atoms with E-state index in [1.54, 1.807) is 24.5 Å². The lowest BCUT2D eigenvalue weighted by atomic mass is 10.1. The molecular weight excluding hydrogens is 314 g/mol. The van der Waals surface area contributed by atoms with E-state index in [4.69, 9.17) is 5.73 Å². The van der Waals surface area contributed by atoms with Gasteiger partial charge in [0.15, 0.2) is 0 Å². The Morgan fingerprint density at radius 2 is 1.92 bits per heavy atom. The van der Waals surface area contributed by atoms with Crippen molar-refractivity contribution in [1.29, 1.82) is 0 Å². The monoisotopic (exact) mass is 333 g/mol. The molecule has 2 heterocycles. The summed E-state index contributed by atoms with van der Waals surface area (Å²) in [4.78, 5) is 12.5. The fraction of sp³-hybridized carbons (Fsp3) is 0.211. The van der Waals surface area contributed by atoms with Crippen molar-refractivity contribution in [2.24, 2.45) is 0 Å². The number of nitrogens with one attached hydrogen (secondary N) is 1. The van der Waals surface area contributed by atoms with Gasteiger partial charge in [0.1, 0.15) is 5.75 Å². The van der Waals surface area contributed by atoms with E-state index in [1.807, 2.05) is 24.4 Å². The maximum absolute atomic E-state index is 9.58. The Hall–Kier alpha value is -2.99. The van der Waals surface area contributed by atoms with E-state index in [-0.39, 0.29) is 5.75 Å². The summed E-state index contributed by atoms with van der Waals surface area (Å²) in [6, 6.07) is 11.7. The molecule has 1 aliphatic rings. The molecule has 2 aromatic heterocycles. The second kappa shape index (κ2) is 6.49. The van der Waals surface area contributed by atoms with Gasteiger partial charge in [0.05, 0.1) is 5.69 Å². The van der Waals surface area contributed by atoms with E-state index in [2.05, 4.69) is 26.3 Å². The van der Waals surface area contributed by atoms with Crippen molar-refractivity contribution in [3.63, 3.8) is 0 Å². The number of pyridine rings is 1. The van der Waals surface area contributed by atoms with Gasteiger partial charge in [0.25, 0.3) is 0 Å². The van der Waals surface area contributed by atoms with Crippen molar-refractivity contribution in [3.05, 3.63) is 66.1 Å². The Morgan fingerprint density at radius 1 is 1.08 bits per heavy atom. The zero-order valence-electron chi connectivity index (χ0n) is 13.6. The summed E-state index contributed by atoms with van der Waals surface area (Å²) in [5, 5.41) is 13.1. The Balaban J connectivity index is 1.36. The molecule has 0 radical (unpaired) electrons. The van der Waals surface area contributed by atoms with E-state index in [9.17, 15) is 5.11 Å². The zero-order chi connectivity index (χ0) is 17.2. The summed E-state index contributed by atoms with van der Waals surface area (Å²) < 4.78 is 0. The number of aromatic hydroxyl groups is 1. The number of nitrogens with two attached hydrogens (primary N) is 1. The van der Waals surface area contributed by atoms with Crippen LogP contribution < -0.4 is 11.1 Å². The maximum Gasteiger partial charge on any atom is 0.219 e. The molecule has 1 fully saturated rings. The highest BCUT2D eigenvalue weighted by molar-refractivity contribution is 5.61. The largest absolute Gasteiger partial charge is 0.508 e. The smallest absolute Gasteiger partial charge is 0.219 e. The van der Waals surface area contributed by atoms with Crippen molar-refractivity contribution in [3.8, 4) is 17.0 Å². The Labute approximate surface area is 145 Å². The third-order valence-corrected chi connectivity index (χ3v) is 4.44. The Kier molecular flexibility index (Phi) is 4.03. The van der Waals surface area contributed by atoms with Gasteiger partial charge in [-0.1, -0.05) is 18.2 Å². The molecule has 0 saturated heterocycles. The zero-order valence-corrected chi connectivity index (χ0v) is 13.6.